The van der Waals surface area contributed by atoms with Crippen LogP contribution in [0.1, 0.15) is 40.0 Å². The van der Waals surface area contributed by atoms with Gasteiger partial charge in [0.1, 0.15) is 0 Å². The Bertz CT molecular complexity index is 106. The summed E-state index contributed by atoms with van der Waals surface area (Å²) in [6, 6.07) is 0.646. The van der Waals surface area contributed by atoms with Crippen molar-refractivity contribution in [3.63, 3.8) is 0 Å². The lowest BCUT2D eigenvalue weighted by Gasteiger charge is -2.19. The zero-order chi connectivity index (χ0) is 10.1. The monoisotopic (exact) mass is 187 g/mol. The van der Waals surface area contributed by atoms with Crippen LogP contribution >= 0.6 is 0 Å². The summed E-state index contributed by atoms with van der Waals surface area (Å²) in [5, 5.41) is 3.54. The normalized spacial score (nSPS) is 15.7. The third kappa shape index (κ3) is 7.03. The van der Waals surface area contributed by atoms with Crippen LogP contribution in [0.15, 0.2) is 0 Å². The molecule has 0 aromatic rings. The molecule has 13 heavy (non-hydrogen) atoms. The molecule has 0 fully saturated rings. The van der Waals surface area contributed by atoms with Gasteiger partial charge in [-0.1, -0.05) is 20.3 Å². The van der Waals surface area contributed by atoms with Crippen LogP contribution in [0.5, 0.6) is 0 Å². The fourth-order valence-electron chi connectivity index (χ4n) is 1.26. The van der Waals surface area contributed by atoms with Crippen molar-refractivity contribution in [3.05, 3.63) is 0 Å². The molecule has 0 aliphatic rings. The maximum atomic E-state index is 4.99. The molecule has 0 rings (SSSR count). The lowest BCUT2D eigenvalue weighted by Crippen LogP contribution is -2.32. The van der Waals surface area contributed by atoms with E-state index in [-0.39, 0.29) is 0 Å². The molecule has 0 aliphatic heterocycles. The summed E-state index contributed by atoms with van der Waals surface area (Å²) in [4.78, 5) is 0. The molecule has 2 atom stereocenters. The Kier molecular flexibility index (Phi) is 8.46. The van der Waals surface area contributed by atoms with Crippen LogP contribution in [0.4, 0.5) is 0 Å². The number of methoxy groups -OCH3 is 1. The molecule has 0 heterocycles. The second kappa shape index (κ2) is 8.52. The van der Waals surface area contributed by atoms with Gasteiger partial charge in [-0.3, -0.25) is 0 Å². The second-order valence-electron chi connectivity index (χ2n) is 3.83. The molecule has 1 N–H and O–H groups in total. The average molecular weight is 187 g/mol. The van der Waals surface area contributed by atoms with Gasteiger partial charge in [0.15, 0.2) is 0 Å². The van der Waals surface area contributed by atoms with Crippen molar-refractivity contribution in [1.29, 1.82) is 0 Å². The van der Waals surface area contributed by atoms with Crippen molar-refractivity contribution in [1.82, 2.24) is 5.32 Å². The Morgan fingerprint density at radius 3 is 2.46 bits per heavy atom. The van der Waals surface area contributed by atoms with Gasteiger partial charge in [0.2, 0.25) is 0 Å². The highest BCUT2D eigenvalue weighted by atomic mass is 16.5. The smallest absolute Gasteiger partial charge is 0.0462 e. The molecule has 0 saturated heterocycles. The molecule has 80 valence electrons. The highest BCUT2D eigenvalue weighted by molar-refractivity contribution is 4.66. The van der Waals surface area contributed by atoms with Crippen LogP contribution < -0.4 is 5.32 Å². The highest BCUT2D eigenvalue weighted by Crippen LogP contribution is 2.06. The highest BCUT2D eigenvalue weighted by Gasteiger charge is 2.07. The molecule has 0 unspecified atom stereocenters. The van der Waals surface area contributed by atoms with E-state index in [1.807, 2.05) is 0 Å². The van der Waals surface area contributed by atoms with Crippen molar-refractivity contribution < 1.29 is 4.74 Å². The standard InChI is InChI=1S/C11H25NO/c1-5-10(2)11(3)12-8-6-7-9-13-4/h10-12H,5-9H2,1-4H3/t10-,11-/m0/s1. The molecule has 0 amide bonds. The predicted octanol–water partition coefficient (Wildman–Crippen LogP) is 2.44. The molecule has 0 spiro atoms. The minimum absolute atomic E-state index is 0.646. The summed E-state index contributed by atoms with van der Waals surface area (Å²) in [7, 11) is 1.76. The van der Waals surface area contributed by atoms with Gasteiger partial charge >= 0.3 is 0 Å². The van der Waals surface area contributed by atoms with Crippen LogP contribution in [0.25, 0.3) is 0 Å². The molecule has 0 aromatic carbocycles. The van der Waals surface area contributed by atoms with E-state index in [0.717, 1.165) is 25.5 Å². The fraction of sp³-hybridized carbons (Fsp3) is 1.00. The van der Waals surface area contributed by atoms with Gasteiger partial charge in [0.25, 0.3) is 0 Å². The molecule has 0 saturated carbocycles. The quantitative estimate of drug-likeness (QED) is 0.589. The first-order valence-corrected chi connectivity index (χ1v) is 5.44. The SMILES string of the molecule is CC[C@H](C)[C@H](C)NCCCCOC. The number of hydrogen-bond acceptors (Lipinski definition) is 2. The van der Waals surface area contributed by atoms with E-state index in [9.17, 15) is 0 Å². The summed E-state index contributed by atoms with van der Waals surface area (Å²) in [5.74, 6) is 0.780. The maximum absolute atomic E-state index is 4.99. The van der Waals surface area contributed by atoms with Gasteiger partial charge in [-0.2, -0.15) is 0 Å². The average Bonchev–Trinajstić information content (AvgIpc) is 2.16. The molecular weight excluding hydrogens is 162 g/mol. The van der Waals surface area contributed by atoms with Crippen molar-refractivity contribution in [2.24, 2.45) is 5.92 Å². The minimum Gasteiger partial charge on any atom is -0.385 e. The largest absolute Gasteiger partial charge is 0.385 e. The number of rotatable bonds is 8. The summed E-state index contributed by atoms with van der Waals surface area (Å²) in [6.07, 6.45) is 3.64. The number of ether oxygens (including phenoxy) is 1. The number of nitrogens with one attached hydrogen (secondary N) is 1. The summed E-state index contributed by atoms with van der Waals surface area (Å²) in [5.41, 5.74) is 0. The van der Waals surface area contributed by atoms with E-state index in [0.29, 0.717) is 6.04 Å². The van der Waals surface area contributed by atoms with Gasteiger partial charge < -0.3 is 10.1 Å². The van der Waals surface area contributed by atoms with E-state index >= 15 is 0 Å². The first kappa shape index (κ1) is 12.9. The van der Waals surface area contributed by atoms with Crippen LogP contribution in [0.2, 0.25) is 0 Å². The molecule has 2 heteroatoms. The van der Waals surface area contributed by atoms with Crippen molar-refractivity contribution in [2.75, 3.05) is 20.3 Å². The minimum atomic E-state index is 0.646. The van der Waals surface area contributed by atoms with Crippen LogP contribution in [-0.2, 0) is 4.74 Å². The summed E-state index contributed by atoms with van der Waals surface area (Å²) in [6.45, 7) is 8.82. The first-order chi connectivity index (χ1) is 6.22. The fourth-order valence-corrected chi connectivity index (χ4v) is 1.26. The Balaban J connectivity index is 3.21. The third-order valence-corrected chi connectivity index (χ3v) is 2.74. The van der Waals surface area contributed by atoms with E-state index in [1.165, 1.54) is 12.8 Å². The predicted molar refractivity (Wildman–Crippen MR) is 58.0 cm³/mol. The Labute approximate surface area is 83.1 Å². The molecule has 2 nitrogen and oxygen atoms in total. The van der Waals surface area contributed by atoms with Gasteiger partial charge in [0, 0.05) is 19.8 Å². The van der Waals surface area contributed by atoms with E-state index < -0.39 is 0 Å². The molecular formula is C11H25NO. The summed E-state index contributed by atoms with van der Waals surface area (Å²) < 4.78 is 4.99. The van der Waals surface area contributed by atoms with Gasteiger partial charge in [-0.25, -0.2) is 0 Å². The van der Waals surface area contributed by atoms with Gasteiger partial charge in [-0.05, 0) is 32.2 Å². The number of hydrogen-bond donors (Lipinski definition) is 1. The van der Waals surface area contributed by atoms with E-state index in [4.69, 9.17) is 4.74 Å². The second-order valence-corrected chi connectivity index (χ2v) is 3.83. The molecule has 0 bridgehead atoms. The lowest BCUT2D eigenvalue weighted by atomic mass is 10.0. The van der Waals surface area contributed by atoms with Gasteiger partial charge in [0.05, 0.1) is 0 Å². The number of unbranched alkanes of at least 4 members (excludes halogenated alkanes) is 1. The zero-order valence-electron chi connectivity index (χ0n) is 9.60. The van der Waals surface area contributed by atoms with Crippen LogP contribution in [0.3, 0.4) is 0 Å². The Morgan fingerprint density at radius 2 is 1.92 bits per heavy atom. The zero-order valence-corrected chi connectivity index (χ0v) is 9.60. The van der Waals surface area contributed by atoms with Crippen molar-refractivity contribution >= 4 is 0 Å². The van der Waals surface area contributed by atoms with Crippen molar-refractivity contribution in [2.45, 2.75) is 46.1 Å². The van der Waals surface area contributed by atoms with Crippen LogP contribution in [-0.4, -0.2) is 26.3 Å². The van der Waals surface area contributed by atoms with Crippen LogP contribution in [0, 0.1) is 5.92 Å². The third-order valence-electron chi connectivity index (χ3n) is 2.74. The molecule has 0 aliphatic carbocycles. The van der Waals surface area contributed by atoms with E-state index in [2.05, 4.69) is 26.1 Å². The molecule has 0 aromatic heterocycles. The summed E-state index contributed by atoms with van der Waals surface area (Å²) >= 11 is 0. The Morgan fingerprint density at radius 1 is 1.23 bits per heavy atom. The molecule has 0 radical (unpaired) electrons. The Hall–Kier alpha value is -0.0800. The topological polar surface area (TPSA) is 21.3 Å². The van der Waals surface area contributed by atoms with Crippen molar-refractivity contribution in [3.8, 4) is 0 Å². The lowest BCUT2D eigenvalue weighted by molar-refractivity contribution is 0.192. The van der Waals surface area contributed by atoms with E-state index in [1.54, 1.807) is 7.11 Å². The first-order valence-electron chi connectivity index (χ1n) is 5.44. The maximum Gasteiger partial charge on any atom is 0.0462 e. The van der Waals surface area contributed by atoms with Gasteiger partial charge in [-0.15, -0.1) is 0 Å².